The van der Waals surface area contributed by atoms with Crippen LogP contribution in [-0.2, 0) is 4.79 Å². The molecule has 0 radical (unpaired) electrons. The number of hydrogen-bond acceptors (Lipinski definition) is 2. The van der Waals surface area contributed by atoms with Crippen LogP contribution in [0.1, 0.15) is 19.4 Å². The van der Waals surface area contributed by atoms with Gasteiger partial charge in [0.1, 0.15) is 4.60 Å². The first kappa shape index (κ1) is 9.25. The van der Waals surface area contributed by atoms with Crippen molar-refractivity contribution in [3.63, 3.8) is 0 Å². The normalized spacial score (nSPS) is 12.8. The summed E-state index contributed by atoms with van der Waals surface area (Å²) in [6.07, 6.45) is 1.84. The molecule has 0 aliphatic rings. The maximum atomic E-state index is 10.3. The summed E-state index contributed by atoms with van der Waals surface area (Å²) in [4.78, 5) is 10.3. The van der Waals surface area contributed by atoms with Crippen molar-refractivity contribution in [3.8, 4) is 0 Å². The van der Waals surface area contributed by atoms with Gasteiger partial charge in [-0.1, -0.05) is 0 Å². The molecule has 0 fully saturated rings. The quantitative estimate of drug-likeness (QED) is 0.863. The van der Waals surface area contributed by atoms with Crippen molar-refractivity contribution in [2.24, 2.45) is 0 Å². The lowest BCUT2D eigenvalue weighted by Crippen LogP contribution is -2.10. The number of carboxylic acids is 1. The van der Waals surface area contributed by atoms with Crippen molar-refractivity contribution in [1.29, 1.82) is 0 Å². The van der Waals surface area contributed by atoms with Gasteiger partial charge in [-0.15, -0.1) is 0 Å². The standard InChI is InChI=1S/C7H9BrN2O2/c1-5(4-7(11)12)10-3-2-6(8)9-10/h2-3,5H,4H2,1H3,(H,11,12)/t5-/m0/s1. The van der Waals surface area contributed by atoms with Crippen molar-refractivity contribution < 1.29 is 9.90 Å². The van der Waals surface area contributed by atoms with E-state index in [-0.39, 0.29) is 12.5 Å². The predicted octanol–water partition coefficient (Wildman–Crippen LogP) is 1.68. The molecule has 0 saturated carbocycles. The van der Waals surface area contributed by atoms with Gasteiger partial charge in [0.05, 0.1) is 12.5 Å². The Morgan fingerprint density at radius 1 is 1.92 bits per heavy atom. The number of carbonyl (C=O) groups is 1. The predicted molar refractivity (Wildman–Crippen MR) is 46.9 cm³/mol. The van der Waals surface area contributed by atoms with Gasteiger partial charge >= 0.3 is 5.97 Å². The third kappa shape index (κ3) is 2.34. The highest BCUT2D eigenvalue weighted by Crippen LogP contribution is 2.12. The minimum atomic E-state index is -0.811. The Hall–Kier alpha value is -0.840. The van der Waals surface area contributed by atoms with Crippen molar-refractivity contribution in [3.05, 3.63) is 16.9 Å². The molecule has 1 aromatic heterocycles. The van der Waals surface area contributed by atoms with E-state index >= 15 is 0 Å². The van der Waals surface area contributed by atoms with Gasteiger partial charge in [-0.25, -0.2) is 0 Å². The highest BCUT2D eigenvalue weighted by Gasteiger charge is 2.09. The summed E-state index contributed by atoms with van der Waals surface area (Å²) in [6, 6.07) is 1.67. The SMILES string of the molecule is C[C@@H](CC(=O)O)n1ccc(Br)n1. The Kier molecular flexibility index (Phi) is 2.86. The Labute approximate surface area is 78.3 Å². The van der Waals surface area contributed by atoms with Crippen molar-refractivity contribution >= 4 is 21.9 Å². The molecule has 0 spiro atoms. The third-order valence-corrected chi connectivity index (χ3v) is 1.92. The smallest absolute Gasteiger partial charge is 0.305 e. The number of nitrogens with zero attached hydrogens (tertiary/aromatic N) is 2. The maximum Gasteiger partial charge on any atom is 0.305 e. The molecule has 0 unspecified atom stereocenters. The zero-order chi connectivity index (χ0) is 9.14. The molecule has 12 heavy (non-hydrogen) atoms. The zero-order valence-corrected chi connectivity index (χ0v) is 8.15. The largest absolute Gasteiger partial charge is 0.481 e. The van der Waals surface area contributed by atoms with E-state index in [2.05, 4.69) is 21.0 Å². The molecule has 1 aromatic rings. The first-order valence-electron chi connectivity index (χ1n) is 3.52. The number of hydrogen-bond donors (Lipinski definition) is 1. The van der Waals surface area contributed by atoms with E-state index in [9.17, 15) is 4.79 Å². The molecule has 0 saturated heterocycles. The molecule has 1 N–H and O–H groups in total. The summed E-state index contributed by atoms with van der Waals surface area (Å²) in [5.74, 6) is -0.811. The van der Waals surface area contributed by atoms with Crippen LogP contribution in [0, 0.1) is 0 Å². The van der Waals surface area contributed by atoms with Gasteiger partial charge in [0.25, 0.3) is 0 Å². The van der Waals surface area contributed by atoms with Crippen molar-refractivity contribution in [1.82, 2.24) is 9.78 Å². The Morgan fingerprint density at radius 2 is 2.58 bits per heavy atom. The lowest BCUT2D eigenvalue weighted by atomic mass is 10.2. The van der Waals surface area contributed by atoms with Crippen LogP contribution in [-0.4, -0.2) is 20.9 Å². The summed E-state index contributed by atoms with van der Waals surface area (Å²) in [5, 5.41) is 12.5. The molecule has 0 aromatic carbocycles. The van der Waals surface area contributed by atoms with Crippen LogP contribution in [0.5, 0.6) is 0 Å². The Bertz CT molecular complexity index is 285. The molecule has 1 atom stereocenters. The van der Waals surface area contributed by atoms with Crippen LogP contribution in [0.15, 0.2) is 16.9 Å². The second-order valence-electron chi connectivity index (χ2n) is 2.57. The van der Waals surface area contributed by atoms with Gasteiger partial charge in [0, 0.05) is 6.20 Å². The fourth-order valence-electron chi connectivity index (χ4n) is 0.907. The topological polar surface area (TPSA) is 55.1 Å². The highest BCUT2D eigenvalue weighted by molar-refractivity contribution is 9.10. The summed E-state index contributed by atoms with van der Waals surface area (Å²) < 4.78 is 2.35. The Morgan fingerprint density at radius 3 is 3.00 bits per heavy atom. The molecule has 5 heteroatoms. The minimum Gasteiger partial charge on any atom is -0.481 e. The van der Waals surface area contributed by atoms with Crippen LogP contribution < -0.4 is 0 Å². The number of aliphatic carboxylic acids is 1. The number of halogens is 1. The zero-order valence-electron chi connectivity index (χ0n) is 6.57. The summed E-state index contributed by atoms with van der Waals surface area (Å²) in [6.45, 7) is 1.81. The van der Waals surface area contributed by atoms with Gasteiger partial charge in [-0.2, -0.15) is 5.10 Å². The van der Waals surface area contributed by atoms with E-state index in [1.807, 2.05) is 6.92 Å². The van der Waals surface area contributed by atoms with E-state index in [1.165, 1.54) is 0 Å². The number of rotatable bonds is 3. The van der Waals surface area contributed by atoms with Crippen LogP contribution >= 0.6 is 15.9 Å². The average molecular weight is 233 g/mol. The van der Waals surface area contributed by atoms with E-state index in [0.29, 0.717) is 0 Å². The highest BCUT2D eigenvalue weighted by atomic mass is 79.9. The molecule has 66 valence electrons. The van der Waals surface area contributed by atoms with Crippen LogP contribution in [0.4, 0.5) is 0 Å². The minimum absolute atomic E-state index is 0.0914. The second kappa shape index (κ2) is 3.71. The van der Waals surface area contributed by atoms with Gasteiger partial charge in [0.15, 0.2) is 0 Å². The van der Waals surface area contributed by atoms with E-state index in [1.54, 1.807) is 16.9 Å². The Balaban J connectivity index is 2.64. The monoisotopic (exact) mass is 232 g/mol. The van der Waals surface area contributed by atoms with Crippen LogP contribution in [0.25, 0.3) is 0 Å². The molecule has 4 nitrogen and oxygen atoms in total. The van der Waals surface area contributed by atoms with Gasteiger partial charge in [0.2, 0.25) is 0 Å². The number of aromatic nitrogens is 2. The molecule has 1 heterocycles. The van der Waals surface area contributed by atoms with E-state index < -0.39 is 5.97 Å². The summed E-state index contributed by atoms with van der Waals surface area (Å²) in [7, 11) is 0. The maximum absolute atomic E-state index is 10.3. The number of carboxylic acid groups (broad SMARTS) is 1. The second-order valence-corrected chi connectivity index (χ2v) is 3.38. The van der Waals surface area contributed by atoms with Crippen molar-refractivity contribution in [2.75, 3.05) is 0 Å². The first-order chi connectivity index (χ1) is 5.59. The fourth-order valence-corrected chi connectivity index (χ4v) is 1.21. The van der Waals surface area contributed by atoms with Gasteiger partial charge in [-0.05, 0) is 28.9 Å². The third-order valence-electron chi connectivity index (χ3n) is 1.50. The lowest BCUT2D eigenvalue weighted by Gasteiger charge is -2.07. The van der Waals surface area contributed by atoms with E-state index in [0.717, 1.165) is 4.60 Å². The summed E-state index contributed by atoms with van der Waals surface area (Å²) in [5.41, 5.74) is 0. The fraction of sp³-hybridized carbons (Fsp3) is 0.429. The molecule has 0 aliphatic carbocycles. The molecule has 0 amide bonds. The molecular weight excluding hydrogens is 224 g/mol. The molecule has 1 rings (SSSR count). The van der Waals surface area contributed by atoms with Gasteiger partial charge < -0.3 is 5.11 Å². The summed E-state index contributed by atoms with van der Waals surface area (Å²) >= 11 is 3.19. The molecular formula is C7H9BrN2O2. The molecule has 0 bridgehead atoms. The van der Waals surface area contributed by atoms with E-state index in [4.69, 9.17) is 5.11 Å². The van der Waals surface area contributed by atoms with Crippen LogP contribution in [0.2, 0.25) is 0 Å². The van der Waals surface area contributed by atoms with Gasteiger partial charge in [-0.3, -0.25) is 9.48 Å². The average Bonchev–Trinajstić information content (AvgIpc) is 2.34. The first-order valence-corrected chi connectivity index (χ1v) is 4.31. The van der Waals surface area contributed by atoms with Crippen LogP contribution in [0.3, 0.4) is 0 Å². The lowest BCUT2D eigenvalue weighted by molar-refractivity contribution is -0.137. The molecule has 0 aliphatic heterocycles. The van der Waals surface area contributed by atoms with Crippen molar-refractivity contribution in [2.45, 2.75) is 19.4 Å².